The highest BCUT2D eigenvalue weighted by molar-refractivity contribution is 7.15. The van der Waals surface area contributed by atoms with Crippen LogP contribution in [0, 0.1) is 13.8 Å². The number of aliphatic carboxylic acids is 1. The molecule has 0 spiro atoms. The standard InChI is InChI=1S/C25H26F3NO4S/c1-4-32-22(24(30)31)14-18-7-10-20(13-15(18)2)33-12-11-21-16(3)34-23(29-21)17-5-8-19(9-6-17)25(26,27)28/h5-10,13,22H,4,11-12,14H2,1-3H3,(H,30,31). The molecule has 0 aliphatic heterocycles. The minimum Gasteiger partial charge on any atom is -0.493 e. The van der Waals surface area contributed by atoms with E-state index in [-0.39, 0.29) is 6.42 Å². The van der Waals surface area contributed by atoms with Gasteiger partial charge in [-0.25, -0.2) is 9.78 Å². The molecule has 0 radical (unpaired) electrons. The van der Waals surface area contributed by atoms with Gasteiger partial charge >= 0.3 is 12.1 Å². The first-order valence-corrected chi connectivity index (χ1v) is 11.6. The number of aromatic nitrogens is 1. The fourth-order valence-corrected chi connectivity index (χ4v) is 4.42. The number of hydrogen-bond donors (Lipinski definition) is 1. The van der Waals surface area contributed by atoms with Crippen molar-refractivity contribution in [3.8, 4) is 16.3 Å². The van der Waals surface area contributed by atoms with Crippen LogP contribution >= 0.6 is 11.3 Å². The summed E-state index contributed by atoms with van der Waals surface area (Å²) in [6.45, 7) is 6.29. The summed E-state index contributed by atoms with van der Waals surface area (Å²) in [6.07, 6.45) is -4.42. The Hall–Kier alpha value is -2.91. The summed E-state index contributed by atoms with van der Waals surface area (Å²) in [5.41, 5.74) is 2.60. The topological polar surface area (TPSA) is 68.7 Å². The molecule has 0 amide bonds. The normalized spacial score (nSPS) is 12.5. The molecule has 1 atom stereocenters. The van der Waals surface area contributed by atoms with Crippen LogP contribution in [0.5, 0.6) is 5.75 Å². The number of hydrogen-bond acceptors (Lipinski definition) is 5. The van der Waals surface area contributed by atoms with E-state index >= 15 is 0 Å². The number of nitrogens with zero attached hydrogens (tertiary/aromatic N) is 1. The van der Waals surface area contributed by atoms with Crippen molar-refractivity contribution in [1.82, 2.24) is 4.98 Å². The van der Waals surface area contributed by atoms with Gasteiger partial charge in [-0.2, -0.15) is 13.2 Å². The Bertz CT molecular complexity index is 1130. The van der Waals surface area contributed by atoms with Gasteiger partial charge < -0.3 is 14.6 Å². The summed E-state index contributed by atoms with van der Waals surface area (Å²) in [7, 11) is 0. The predicted molar refractivity (Wildman–Crippen MR) is 124 cm³/mol. The summed E-state index contributed by atoms with van der Waals surface area (Å²) in [4.78, 5) is 16.9. The number of aryl methyl sites for hydroxylation is 2. The fourth-order valence-electron chi connectivity index (χ4n) is 3.46. The molecule has 0 saturated carbocycles. The lowest BCUT2D eigenvalue weighted by atomic mass is 10.0. The number of thiazole rings is 1. The predicted octanol–water partition coefficient (Wildman–Crippen LogP) is 6.10. The molecule has 0 bridgehead atoms. The van der Waals surface area contributed by atoms with Crippen LogP contribution in [0.2, 0.25) is 0 Å². The highest BCUT2D eigenvalue weighted by atomic mass is 32.1. The van der Waals surface area contributed by atoms with Crippen LogP contribution in [0.4, 0.5) is 13.2 Å². The monoisotopic (exact) mass is 493 g/mol. The lowest BCUT2D eigenvalue weighted by Crippen LogP contribution is -2.26. The number of carboxylic acids is 1. The van der Waals surface area contributed by atoms with Crippen molar-refractivity contribution < 1.29 is 32.5 Å². The number of carboxylic acid groups (broad SMARTS) is 1. The van der Waals surface area contributed by atoms with Crippen molar-refractivity contribution in [2.24, 2.45) is 0 Å². The third-order valence-electron chi connectivity index (χ3n) is 5.32. The Morgan fingerprint density at radius 2 is 1.85 bits per heavy atom. The van der Waals surface area contributed by atoms with Crippen LogP contribution < -0.4 is 4.74 Å². The van der Waals surface area contributed by atoms with Crippen molar-refractivity contribution in [3.05, 3.63) is 69.7 Å². The Labute approximate surface area is 200 Å². The van der Waals surface area contributed by atoms with E-state index in [0.29, 0.717) is 36.0 Å². The highest BCUT2D eigenvalue weighted by Crippen LogP contribution is 2.33. The minimum atomic E-state index is -4.36. The van der Waals surface area contributed by atoms with E-state index in [1.807, 2.05) is 26.0 Å². The first kappa shape index (κ1) is 25.7. The van der Waals surface area contributed by atoms with Gasteiger partial charge in [0, 0.05) is 29.9 Å². The highest BCUT2D eigenvalue weighted by Gasteiger charge is 2.30. The molecule has 5 nitrogen and oxygen atoms in total. The molecular weight excluding hydrogens is 467 g/mol. The smallest absolute Gasteiger partial charge is 0.416 e. The van der Waals surface area contributed by atoms with E-state index in [1.165, 1.54) is 23.5 Å². The number of halogens is 3. The van der Waals surface area contributed by atoms with Gasteiger partial charge in [-0.05, 0) is 56.2 Å². The van der Waals surface area contributed by atoms with Crippen molar-refractivity contribution in [3.63, 3.8) is 0 Å². The number of rotatable bonds is 10. The molecule has 1 unspecified atom stereocenters. The lowest BCUT2D eigenvalue weighted by Gasteiger charge is -2.15. The first-order valence-electron chi connectivity index (χ1n) is 10.8. The summed E-state index contributed by atoms with van der Waals surface area (Å²) >= 11 is 1.44. The van der Waals surface area contributed by atoms with Crippen molar-refractivity contribution in [2.75, 3.05) is 13.2 Å². The van der Waals surface area contributed by atoms with Gasteiger partial charge in [-0.1, -0.05) is 18.2 Å². The van der Waals surface area contributed by atoms with Gasteiger partial charge in [0.15, 0.2) is 6.10 Å². The minimum absolute atomic E-state index is 0.278. The van der Waals surface area contributed by atoms with Gasteiger partial charge in [0.05, 0.1) is 17.9 Å². The molecule has 2 aromatic carbocycles. The van der Waals surface area contributed by atoms with E-state index in [1.54, 1.807) is 13.0 Å². The molecule has 3 aromatic rings. The van der Waals surface area contributed by atoms with Crippen molar-refractivity contribution in [2.45, 2.75) is 45.9 Å². The van der Waals surface area contributed by atoms with Crippen molar-refractivity contribution in [1.29, 1.82) is 0 Å². The average Bonchev–Trinajstić information content (AvgIpc) is 3.15. The second-order valence-electron chi connectivity index (χ2n) is 7.77. The maximum Gasteiger partial charge on any atom is 0.416 e. The van der Waals surface area contributed by atoms with E-state index < -0.39 is 23.8 Å². The average molecular weight is 494 g/mol. The van der Waals surface area contributed by atoms with E-state index in [9.17, 15) is 23.1 Å². The molecule has 3 rings (SSSR count). The summed E-state index contributed by atoms with van der Waals surface area (Å²) < 4.78 is 49.5. The number of carbonyl (C=O) groups is 1. The zero-order valence-electron chi connectivity index (χ0n) is 19.1. The Morgan fingerprint density at radius 1 is 1.15 bits per heavy atom. The molecule has 0 aliphatic carbocycles. The lowest BCUT2D eigenvalue weighted by molar-refractivity contribution is -0.150. The van der Waals surface area contributed by atoms with Gasteiger partial charge in [-0.3, -0.25) is 0 Å². The molecule has 0 fully saturated rings. The van der Waals surface area contributed by atoms with E-state index in [2.05, 4.69) is 4.98 Å². The summed E-state index contributed by atoms with van der Waals surface area (Å²) in [5.74, 6) is -0.323. The Morgan fingerprint density at radius 3 is 2.44 bits per heavy atom. The van der Waals surface area contributed by atoms with Crippen LogP contribution in [0.25, 0.3) is 10.6 Å². The molecule has 34 heavy (non-hydrogen) atoms. The second kappa shape index (κ2) is 11.0. The van der Waals surface area contributed by atoms with Gasteiger partial charge in [0.25, 0.3) is 0 Å². The van der Waals surface area contributed by atoms with Crippen LogP contribution in [0.1, 0.15) is 34.2 Å². The van der Waals surface area contributed by atoms with Gasteiger partial charge in [0.1, 0.15) is 10.8 Å². The third kappa shape index (κ3) is 6.57. The fraction of sp³-hybridized carbons (Fsp3) is 0.360. The molecule has 0 saturated heterocycles. The largest absolute Gasteiger partial charge is 0.493 e. The van der Waals surface area contributed by atoms with Crippen molar-refractivity contribution >= 4 is 17.3 Å². The van der Waals surface area contributed by atoms with Crippen LogP contribution in [0.3, 0.4) is 0 Å². The maximum atomic E-state index is 12.8. The Balaban J connectivity index is 1.60. The SMILES string of the molecule is CCOC(Cc1ccc(OCCc2nc(-c3ccc(C(F)(F)F)cc3)sc2C)cc1C)C(=O)O. The molecule has 9 heteroatoms. The zero-order valence-corrected chi connectivity index (χ0v) is 19.9. The molecule has 1 N–H and O–H groups in total. The Kier molecular flexibility index (Phi) is 8.33. The number of ether oxygens (including phenoxy) is 2. The maximum absolute atomic E-state index is 12.8. The van der Waals surface area contributed by atoms with Crippen LogP contribution in [0.15, 0.2) is 42.5 Å². The molecular formula is C25H26F3NO4S. The van der Waals surface area contributed by atoms with Crippen LogP contribution in [-0.2, 0) is 28.5 Å². The first-order chi connectivity index (χ1) is 16.1. The summed E-state index contributed by atoms with van der Waals surface area (Å²) in [6, 6.07) is 10.5. The van der Waals surface area contributed by atoms with Gasteiger partial charge in [-0.15, -0.1) is 11.3 Å². The molecule has 1 heterocycles. The molecule has 182 valence electrons. The zero-order chi connectivity index (χ0) is 24.9. The molecule has 1 aromatic heterocycles. The van der Waals surface area contributed by atoms with E-state index in [4.69, 9.17) is 9.47 Å². The number of alkyl halides is 3. The number of benzene rings is 2. The quantitative estimate of drug-likeness (QED) is 0.370. The van der Waals surface area contributed by atoms with E-state index in [0.717, 1.165) is 33.8 Å². The molecule has 0 aliphatic rings. The van der Waals surface area contributed by atoms with Gasteiger partial charge in [0.2, 0.25) is 0 Å². The van der Waals surface area contributed by atoms with Crippen LogP contribution in [-0.4, -0.2) is 35.4 Å². The summed E-state index contributed by atoms with van der Waals surface area (Å²) in [5, 5.41) is 9.95. The second-order valence-corrected chi connectivity index (χ2v) is 8.97. The third-order valence-corrected chi connectivity index (χ3v) is 6.38.